The Hall–Kier alpha value is -0.910. The number of carbonyl (C=O) groups excluding carboxylic acids is 1. The molecular weight excluding hydrogens is 332 g/mol. The summed E-state index contributed by atoms with van der Waals surface area (Å²) in [4.78, 5) is 11.9. The first-order chi connectivity index (χ1) is 10.2. The molecule has 0 bridgehead atoms. The lowest BCUT2D eigenvalue weighted by atomic mass is 9.74. The second-order valence-corrected chi connectivity index (χ2v) is 6.48. The first kappa shape index (κ1) is 16.5. The van der Waals surface area contributed by atoms with E-state index in [-0.39, 0.29) is 11.3 Å². The van der Waals surface area contributed by atoms with Crippen LogP contribution in [0.25, 0.3) is 0 Å². The highest BCUT2D eigenvalue weighted by Crippen LogP contribution is 2.34. The molecule has 0 atom stereocenters. The summed E-state index contributed by atoms with van der Waals surface area (Å²) in [6, 6.07) is 8.40. The van der Waals surface area contributed by atoms with Crippen LogP contribution in [0.2, 0.25) is 0 Å². The number of carbonyl (C=O) groups is 1. The van der Waals surface area contributed by atoms with Crippen LogP contribution in [0.3, 0.4) is 0 Å². The summed E-state index contributed by atoms with van der Waals surface area (Å²) in [6.07, 6.45) is 3.11. The number of hydrogen-bond donors (Lipinski definition) is 2. The lowest BCUT2D eigenvalue weighted by Gasteiger charge is -2.38. The molecule has 1 aromatic rings. The first-order valence-electron chi connectivity index (χ1n) is 7.47. The van der Waals surface area contributed by atoms with E-state index in [2.05, 4.69) is 45.5 Å². The van der Waals surface area contributed by atoms with Gasteiger partial charge in [0.25, 0.3) is 0 Å². The highest BCUT2D eigenvalue weighted by molar-refractivity contribution is 9.10. The van der Waals surface area contributed by atoms with Gasteiger partial charge in [-0.05, 0) is 43.5 Å². The van der Waals surface area contributed by atoms with E-state index in [4.69, 9.17) is 10.5 Å². The predicted octanol–water partition coefficient (Wildman–Crippen LogP) is 2.35. The Morgan fingerprint density at radius 1 is 1.29 bits per heavy atom. The van der Waals surface area contributed by atoms with Crippen molar-refractivity contribution in [1.82, 2.24) is 5.32 Å². The summed E-state index contributed by atoms with van der Waals surface area (Å²) in [5.41, 5.74) is 6.70. The Morgan fingerprint density at radius 2 is 1.95 bits per heavy atom. The average molecular weight is 355 g/mol. The highest BCUT2D eigenvalue weighted by atomic mass is 79.9. The van der Waals surface area contributed by atoms with Crippen molar-refractivity contribution in [2.45, 2.75) is 31.1 Å². The van der Waals surface area contributed by atoms with E-state index in [1.807, 2.05) is 0 Å². The van der Waals surface area contributed by atoms with Crippen LogP contribution in [0.1, 0.15) is 31.2 Å². The van der Waals surface area contributed by atoms with Crippen LogP contribution >= 0.6 is 15.9 Å². The van der Waals surface area contributed by atoms with E-state index in [0.29, 0.717) is 19.5 Å². The largest absolute Gasteiger partial charge is 0.381 e. The molecular formula is C16H23BrN2O2. The number of hydrogen-bond acceptors (Lipinski definition) is 3. The van der Waals surface area contributed by atoms with Gasteiger partial charge < -0.3 is 15.8 Å². The van der Waals surface area contributed by atoms with Gasteiger partial charge >= 0.3 is 0 Å². The fourth-order valence-electron chi connectivity index (χ4n) is 2.75. The SMILES string of the molecule is NCCCC(=O)NCC1(c2ccc(Br)cc2)CCOCC1. The molecule has 0 unspecified atom stereocenters. The number of ether oxygens (including phenoxy) is 1. The molecule has 2 rings (SSSR count). The van der Waals surface area contributed by atoms with Crippen LogP contribution < -0.4 is 11.1 Å². The van der Waals surface area contributed by atoms with Crippen LogP contribution in [0.5, 0.6) is 0 Å². The highest BCUT2D eigenvalue weighted by Gasteiger charge is 2.34. The summed E-state index contributed by atoms with van der Waals surface area (Å²) in [7, 11) is 0. The third-order valence-corrected chi connectivity index (χ3v) is 4.67. The van der Waals surface area contributed by atoms with Crippen molar-refractivity contribution in [2.75, 3.05) is 26.3 Å². The second-order valence-electron chi connectivity index (χ2n) is 5.57. The third kappa shape index (κ3) is 4.53. The molecule has 4 nitrogen and oxygen atoms in total. The minimum absolute atomic E-state index is 0.0165. The van der Waals surface area contributed by atoms with Gasteiger partial charge in [0.2, 0.25) is 5.91 Å². The molecule has 1 fully saturated rings. The standard InChI is InChI=1S/C16H23BrN2O2/c17-14-5-3-13(4-6-14)16(7-10-21-11-8-16)12-19-15(20)2-1-9-18/h3-6H,1-2,7-12,18H2,(H,19,20). The summed E-state index contributed by atoms with van der Waals surface area (Å²) in [5.74, 6) is 0.0865. The molecule has 0 aromatic heterocycles. The molecule has 0 saturated carbocycles. The molecule has 5 heteroatoms. The van der Waals surface area contributed by atoms with Crippen molar-refractivity contribution in [3.05, 3.63) is 34.3 Å². The van der Waals surface area contributed by atoms with Crippen LogP contribution in [0.4, 0.5) is 0 Å². The van der Waals surface area contributed by atoms with E-state index in [0.717, 1.165) is 36.9 Å². The Bertz CT molecular complexity index is 456. The number of rotatable bonds is 6. The van der Waals surface area contributed by atoms with Gasteiger partial charge in [0.05, 0.1) is 0 Å². The maximum atomic E-state index is 11.9. The second kappa shape index (κ2) is 7.92. The minimum atomic E-state index is -0.0165. The smallest absolute Gasteiger partial charge is 0.220 e. The molecule has 1 saturated heterocycles. The van der Waals surface area contributed by atoms with Gasteiger partial charge in [0, 0.05) is 36.1 Å². The van der Waals surface area contributed by atoms with Crippen LogP contribution in [0.15, 0.2) is 28.7 Å². The Kier molecular flexibility index (Phi) is 6.21. The van der Waals surface area contributed by atoms with E-state index in [1.54, 1.807) is 0 Å². The summed E-state index contributed by atoms with van der Waals surface area (Å²) in [6.45, 7) is 2.71. The van der Waals surface area contributed by atoms with Crippen molar-refractivity contribution in [1.29, 1.82) is 0 Å². The fourth-order valence-corrected chi connectivity index (χ4v) is 3.02. The quantitative estimate of drug-likeness (QED) is 0.823. The van der Waals surface area contributed by atoms with Gasteiger partial charge in [-0.2, -0.15) is 0 Å². The molecule has 1 aliphatic rings. The van der Waals surface area contributed by atoms with Gasteiger partial charge in [0.1, 0.15) is 0 Å². The van der Waals surface area contributed by atoms with Gasteiger partial charge in [-0.25, -0.2) is 0 Å². The fraction of sp³-hybridized carbons (Fsp3) is 0.562. The molecule has 116 valence electrons. The Morgan fingerprint density at radius 3 is 2.57 bits per heavy atom. The van der Waals surface area contributed by atoms with E-state index in [1.165, 1.54) is 5.56 Å². The molecule has 3 N–H and O–H groups in total. The van der Waals surface area contributed by atoms with Gasteiger partial charge in [-0.3, -0.25) is 4.79 Å². The number of halogens is 1. The monoisotopic (exact) mass is 354 g/mol. The molecule has 0 radical (unpaired) electrons. The molecule has 0 spiro atoms. The van der Waals surface area contributed by atoms with Gasteiger partial charge in [-0.1, -0.05) is 28.1 Å². The van der Waals surface area contributed by atoms with Crippen LogP contribution in [0, 0.1) is 0 Å². The van der Waals surface area contributed by atoms with E-state index in [9.17, 15) is 4.79 Å². The van der Waals surface area contributed by atoms with Crippen molar-refractivity contribution in [2.24, 2.45) is 5.73 Å². The van der Waals surface area contributed by atoms with E-state index >= 15 is 0 Å². The van der Waals surface area contributed by atoms with Crippen molar-refractivity contribution < 1.29 is 9.53 Å². The zero-order chi connectivity index (χ0) is 15.1. The zero-order valence-electron chi connectivity index (χ0n) is 12.2. The number of amides is 1. The minimum Gasteiger partial charge on any atom is -0.381 e. The Balaban J connectivity index is 2.06. The maximum absolute atomic E-state index is 11.9. The average Bonchev–Trinajstić information content (AvgIpc) is 2.52. The van der Waals surface area contributed by atoms with Crippen LogP contribution in [-0.2, 0) is 14.9 Å². The van der Waals surface area contributed by atoms with Crippen molar-refractivity contribution in [3.8, 4) is 0 Å². The zero-order valence-corrected chi connectivity index (χ0v) is 13.8. The molecule has 1 aromatic carbocycles. The molecule has 1 heterocycles. The van der Waals surface area contributed by atoms with Crippen molar-refractivity contribution >= 4 is 21.8 Å². The normalized spacial score (nSPS) is 17.4. The van der Waals surface area contributed by atoms with Crippen LogP contribution in [-0.4, -0.2) is 32.2 Å². The first-order valence-corrected chi connectivity index (χ1v) is 8.26. The summed E-state index contributed by atoms with van der Waals surface area (Å²) in [5, 5.41) is 3.08. The number of nitrogens with two attached hydrogens (primary N) is 1. The van der Waals surface area contributed by atoms with Gasteiger partial charge in [0.15, 0.2) is 0 Å². The summed E-state index contributed by atoms with van der Waals surface area (Å²) >= 11 is 3.47. The number of nitrogens with one attached hydrogen (secondary N) is 1. The van der Waals surface area contributed by atoms with E-state index < -0.39 is 0 Å². The molecule has 0 aliphatic carbocycles. The third-order valence-electron chi connectivity index (χ3n) is 4.14. The van der Waals surface area contributed by atoms with Crippen molar-refractivity contribution in [3.63, 3.8) is 0 Å². The maximum Gasteiger partial charge on any atom is 0.220 e. The van der Waals surface area contributed by atoms with Gasteiger partial charge in [-0.15, -0.1) is 0 Å². The lowest BCUT2D eigenvalue weighted by molar-refractivity contribution is -0.121. The predicted molar refractivity (Wildman–Crippen MR) is 87.2 cm³/mol. The molecule has 1 aliphatic heterocycles. The topological polar surface area (TPSA) is 64.4 Å². The molecule has 21 heavy (non-hydrogen) atoms. The summed E-state index contributed by atoms with van der Waals surface area (Å²) < 4.78 is 6.57. The lowest BCUT2D eigenvalue weighted by Crippen LogP contribution is -2.44. The molecule has 1 amide bonds. The number of benzene rings is 1. The Labute approximate surface area is 134 Å².